The summed E-state index contributed by atoms with van der Waals surface area (Å²) in [6.07, 6.45) is 0. The molecule has 0 bridgehead atoms. The molecule has 0 aliphatic rings. The van der Waals surface area contributed by atoms with Crippen LogP contribution in [0.25, 0.3) is 0 Å². The largest absolute Gasteiger partial charge is 0.397 e. The van der Waals surface area contributed by atoms with E-state index in [2.05, 4.69) is 0 Å². The van der Waals surface area contributed by atoms with Crippen molar-refractivity contribution in [3.8, 4) is 0 Å². The highest BCUT2D eigenvalue weighted by Gasteiger charge is 1.34. The van der Waals surface area contributed by atoms with Crippen LogP contribution < -0.4 is 0 Å². The Bertz CT molecular complexity index is 4.14. The van der Waals surface area contributed by atoms with Gasteiger partial charge in [0.2, 0.25) is 0 Å². The Hall–Kier alpha value is -0.0400. The van der Waals surface area contributed by atoms with Gasteiger partial charge >= 0.3 is 0 Å². The molecule has 1 N–H and O–H groups in total. The molecule has 0 spiro atoms. The van der Waals surface area contributed by atoms with Crippen LogP contribution >= 0.6 is 0 Å². The standard InChI is InChI=1S/C2H6O.C2H6.2CH4/c1-2-3;1-2;;/h3H,2H2,1H3;1-2H3;2*1H4. The van der Waals surface area contributed by atoms with E-state index in [-0.39, 0.29) is 21.5 Å². The highest BCUT2D eigenvalue weighted by Crippen LogP contribution is 1.30. The zero-order valence-corrected chi connectivity index (χ0v) is 4.15. The molecule has 0 aromatic rings. The van der Waals surface area contributed by atoms with E-state index in [0.717, 1.165) is 0 Å². The van der Waals surface area contributed by atoms with Crippen molar-refractivity contribution >= 4 is 0 Å². The number of hydrogen-bond donors (Lipinski definition) is 1. The fourth-order valence-electron chi connectivity index (χ4n) is 0. The van der Waals surface area contributed by atoms with Gasteiger partial charge in [-0.25, -0.2) is 0 Å². The molecule has 0 rings (SSSR count). The molecule has 0 radical (unpaired) electrons. The third-order valence-electron chi connectivity index (χ3n) is 0. The molecular formula is C6H20O. The third-order valence-corrected chi connectivity index (χ3v) is 0. The lowest BCUT2D eigenvalue weighted by atomic mass is 10.9. The maximum atomic E-state index is 7.57. The van der Waals surface area contributed by atoms with Gasteiger partial charge < -0.3 is 5.11 Å². The van der Waals surface area contributed by atoms with Crippen LogP contribution in [-0.4, -0.2) is 11.7 Å². The van der Waals surface area contributed by atoms with Gasteiger partial charge in [-0.1, -0.05) is 28.7 Å². The van der Waals surface area contributed by atoms with Crippen LogP contribution in [0.3, 0.4) is 0 Å². The first-order chi connectivity index (χ1) is 2.41. The Labute approximate surface area is 48.4 Å². The second kappa shape index (κ2) is 159. The van der Waals surface area contributed by atoms with Gasteiger partial charge in [-0.05, 0) is 6.92 Å². The normalized spacial score (nSPS) is 3.43. The Morgan fingerprint density at radius 3 is 1.14 bits per heavy atom. The van der Waals surface area contributed by atoms with Crippen LogP contribution in [0.15, 0.2) is 0 Å². The Balaban J connectivity index is -0.0000000105. The summed E-state index contributed by atoms with van der Waals surface area (Å²) in [5.74, 6) is 0. The highest BCUT2D eigenvalue weighted by atomic mass is 16.2. The molecule has 0 aromatic carbocycles. The lowest BCUT2D eigenvalue weighted by Crippen LogP contribution is -1.57. The zero-order valence-electron chi connectivity index (χ0n) is 4.15. The molecule has 0 unspecified atom stereocenters. The summed E-state index contributed by atoms with van der Waals surface area (Å²) in [6, 6.07) is 0. The van der Waals surface area contributed by atoms with E-state index in [0.29, 0.717) is 0 Å². The quantitative estimate of drug-likeness (QED) is 0.505. The molecule has 0 aromatic heterocycles. The molecule has 50 valence electrons. The van der Waals surface area contributed by atoms with E-state index in [1.165, 1.54) is 0 Å². The van der Waals surface area contributed by atoms with E-state index < -0.39 is 0 Å². The summed E-state index contributed by atoms with van der Waals surface area (Å²) in [5.41, 5.74) is 0. The zero-order chi connectivity index (χ0) is 4.71. The third kappa shape index (κ3) is 58400. The highest BCUT2D eigenvalue weighted by molar-refractivity contribution is 3.84. The molecule has 1 nitrogen and oxygen atoms in total. The van der Waals surface area contributed by atoms with Crippen LogP contribution in [0.5, 0.6) is 0 Å². The van der Waals surface area contributed by atoms with Crippen molar-refractivity contribution in [3.05, 3.63) is 0 Å². The van der Waals surface area contributed by atoms with Gasteiger partial charge in [0, 0.05) is 6.61 Å². The molecule has 1 heteroatoms. The van der Waals surface area contributed by atoms with E-state index in [4.69, 9.17) is 5.11 Å². The second-order valence-electron chi connectivity index (χ2n) is 0.316. The predicted molar refractivity (Wildman–Crippen MR) is 37.6 cm³/mol. The van der Waals surface area contributed by atoms with Gasteiger partial charge in [-0.2, -0.15) is 0 Å². The molecule has 0 heterocycles. The monoisotopic (exact) mass is 108 g/mol. The van der Waals surface area contributed by atoms with Crippen molar-refractivity contribution in [2.45, 2.75) is 35.6 Å². The summed E-state index contributed by atoms with van der Waals surface area (Å²) in [6.45, 7) is 5.93. The number of aliphatic hydroxyl groups is 1. The lowest BCUT2D eigenvalue weighted by molar-refractivity contribution is 0.318. The van der Waals surface area contributed by atoms with E-state index in [1.807, 2.05) is 13.8 Å². The summed E-state index contributed by atoms with van der Waals surface area (Å²) >= 11 is 0. The lowest BCUT2D eigenvalue weighted by Gasteiger charge is -1.52. The smallest absolute Gasteiger partial charge is 0.0402 e. The minimum Gasteiger partial charge on any atom is -0.397 e. The summed E-state index contributed by atoms with van der Waals surface area (Å²) in [7, 11) is 0. The van der Waals surface area contributed by atoms with Crippen LogP contribution in [0.2, 0.25) is 0 Å². The molecule has 0 atom stereocenters. The van der Waals surface area contributed by atoms with Crippen molar-refractivity contribution in [3.63, 3.8) is 0 Å². The molecule has 7 heavy (non-hydrogen) atoms. The fourth-order valence-corrected chi connectivity index (χ4v) is 0. The SMILES string of the molecule is C.C.CC.CCO. The van der Waals surface area contributed by atoms with Gasteiger partial charge in [0.05, 0.1) is 0 Å². The molecule has 0 aliphatic heterocycles. The first kappa shape index (κ1) is 28.2. The number of aliphatic hydroxyl groups excluding tert-OH is 1. The molecule has 0 fully saturated rings. The molecule has 0 amide bonds. The van der Waals surface area contributed by atoms with Crippen molar-refractivity contribution in [2.24, 2.45) is 0 Å². The first-order valence-corrected chi connectivity index (χ1v) is 2.02. The second-order valence-corrected chi connectivity index (χ2v) is 0.316. The van der Waals surface area contributed by atoms with Crippen LogP contribution in [0, 0.1) is 0 Å². The molecule has 0 aliphatic carbocycles. The Kier molecular flexibility index (Phi) is 641. The van der Waals surface area contributed by atoms with Crippen LogP contribution in [0.1, 0.15) is 35.6 Å². The van der Waals surface area contributed by atoms with Gasteiger partial charge in [-0.15, -0.1) is 0 Å². The molecule has 0 saturated heterocycles. The maximum Gasteiger partial charge on any atom is 0.0402 e. The average Bonchev–Trinajstić information content (AvgIpc) is 1.46. The van der Waals surface area contributed by atoms with Crippen molar-refractivity contribution < 1.29 is 5.11 Å². The number of hydrogen-bond acceptors (Lipinski definition) is 1. The Morgan fingerprint density at radius 2 is 1.14 bits per heavy atom. The summed E-state index contributed by atoms with van der Waals surface area (Å²) in [5, 5.41) is 7.57. The number of rotatable bonds is 0. The molecular weight excluding hydrogens is 88.1 g/mol. The van der Waals surface area contributed by atoms with Crippen molar-refractivity contribution in [2.75, 3.05) is 6.61 Å². The molecule has 0 saturated carbocycles. The van der Waals surface area contributed by atoms with Crippen LogP contribution in [-0.2, 0) is 0 Å². The maximum absolute atomic E-state index is 7.57. The summed E-state index contributed by atoms with van der Waals surface area (Å²) < 4.78 is 0. The van der Waals surface area contributed by atoms with Gasteiger partial charge in [-0.3, -0.25) is 0 Å². The predicted octanol–water partition coefficient (Wildman–Crippen LogP) is 2.30. The van der Waals surface area contributed by atoms with Gasteiger partial charge in [0.15, 0.2) is 0 Å². The fraction of sp³-hybridized carbons (Fsp3) is 1.00. The average molecular weight is 108 g/mol. The van der Waals surface area contributed by atoms with E-state index in [9.17, 15) is 0 Å². The van der Waals surface area contributed by atoms with Gasteiger partial charge in [0.25, 0.3) is 0 Å². The van der Waals surface area contributed by atoms with E-state index >= 15 is 0 Å². The Morgan fingerprint density at radius 1 is 1.14 bits per heavy atom. The minimum absolute atomic E-state index is 0. The van der Waals surface area contributed by atoms with Crippen molar-refractivity contribution in [1.29, 1.82) is 0 Å². The minimum atomic E-state index is 0. The first-order valence-electron chi connectivity index (χ1n) is 2.02. The van der Waals surface area contributed by atoms with Crippen LogP contribution in [0.4, 0.5) is 0 Å². The summed E-state index contributed by atoms with van der Waals surface area (Å²) in [4.78, 5) is 0. The van der Waals surface area contributed by atoms with Gasteiger partial charge in [0.1, 0.15) is 0 Å². The van der Waals surface area contributed by atoms with Crippen molar-refractivity contribution in [1.82, 2.24) is 0 Å². The van der Waals surface area contributed by atoms with E-state index in [1.54, 1.807) is 6.92 Å². The topological polar surface area (TPSA) is 20.2 Å².